The Balaban J connectivity index is 1.75. The van der Waals surface area contributed by atoms with Crippen molar-refractivity contribution in [3.8, 4) is 0 Å². The van der Waals surface area contributed by atoms with Crippen LogP contribution < -0.4 is 5.32 Å². The summed E-state index contributed by atoms with van der Waals surface area (Å²) in [6.45, 7) is 6.79. The van der Waals surface area contributed by atoms with Gasteiger partial charge in [-0.25, -0.2) is 0 Å². The number of hydrogen-bond acceptors (Lipinski definition) is 3. The molecule has 1 atom stereocenters. The first kappa shape index (κ1) is 11.2. The number of nitrogens with zero attached hydrogens (tertiary/aromatic N) is 2. The number of piperazine rings is 1. The zero-order valence-corrected chi connectivity index (χ0v) is 10.5. The van der Waals surface area contributed by atoms with Crippen LogP contribution in [0.15, 0.2) is 24.4 Å². The first-order valence-corrected chi connectivity index (χ1v) is 6.65. The quantitative estimate of drug-likeness (QED) is 0.857. The summed E-state index contributed by atoms with van der Waals surface area (Å²) >= 11 is 0. The molecule has 1 N–H and O–H groups in total. The van der Waals surface area contributed by atoms with Crippen molar-refractivity contribution in [3.63, 3.8) is 0 Å². The Morgan fingerprint density at radius 2 is 2.35 bits per heavy atom. The highest BCUT2D eigenvalue weighted by Gasteiger charge is 2.46. The predicted molar refractivity (Wildman–Crippen MR) is 68.6 cm³/mol. The van der Waals surface area contributed by atoms with Gasteiger partial charge in [-0.3, -0.25) is 9.88 Å². The zero-order valence-electron chi connectivity index (χ0n) is 10.5. The van der Waals surface area contributed by atoms with Crippen molar-refractivity contribution >= 4 is 0 Å². The van der Waals surface area contributed by atoms with Gasteiger partial charge in [0.15, 0.2) is 0 Å². The van der Waals surface area contributed by atoms with Crippen LogP contribution >= 0.6 is 0 Å². The molecule has 0 amide bonds. The summed E-state index contributed by atoms with van der Waals surface area (Å²) in [5.41, 5.74) is 1.54. The molecule has 1 aliphatic carbocycles. The van der Waals surface area contributed by atoms with Crippen molar-refractivity contribution < 1.29 is 0 Å². The minimum atomic E-state index is 0.343. The number of rotatable bonds is 3. The number of nitrogens with one attached hydrogen (secondary N) is 1. The second-order valence-electron chi connectivity index (χ2n) is 5.55. The summed E-state index contributed by atoms with van der Waals surface area (Å²) in [5.74, 6) is 0.888. The van der Waals surface area contributed by atoms with Crippen LogP contribution in [0.3, 0.4) is 0 Å². The zero-order chi connectivity index (χ0) is 11.7. The van der Waals surface area contributed by atoms with E-state index in [1.165, 1.54) is 18.5 Å². The standard InChI is InChI=1S/C14H21N3/c1-14(12-5-6-12)11-15-8-9-17(14)10-13-4-2-3-7-16-13/h2-4,7,12,15H,5-6,8-11H2,1H3. The van der Waals surface area contributed by atoms with Crippen LogP contribution in [0.1, 0.15) is 25.5 Å². The van der Waals surface area contributed by atoms with Gasteiger partial charge in [-0.2, -0.15) is 0 Å². The monoisotopic (exact) mass is 231 g/mol. The molecule has 2 fully saturated rings. The third kappa shape index (κ3) is 2.22. The van der Waals surface area contributed by atoms with Crippen LogP contribution in [0.2, 0.25) is 0 Å². The molecule has 1 aromatic rings. The highest BCUT2D eigenvalue weighted by atomic mass is 15.3. The van der Waals surface area contributed by atoms with Gasteiger partial charge in [0.05, 0.1) is 5.69 Å². The largest absolute Gasteiger partial charge is 0.314 e. The maximum Gasteiger partial charge on any atom is 0.0544 e. The molecule has 1 saturated heterocycles. The van der Waals surface area contributed by atoms with E-state index >= 15 is 0 Å². The summed E-state index contributed by atoms with van der Waals surface area (Å²) in [6.07, 6.45) is 4.69. The molecule has 3 heteroatoms. The van der Waals surface area contributed by atoms with Gasteiger partial charge in [-0.1, -0.05) is 6.07 Å². The van der Waals surface area contributed by atoms with E-state index in [-0.39, 0.29) is 0 Å². The van der Waals surface area contributed by atoms with E-state index in [0.717, 1.165) is 32.1 Å². The molecule has 1 aromatic heterocycles. The van der Waals surface area contributed by atoms with Gasteiger partial charge in [0.2, 0.25) is 0 Å². The van der Waals surface area contributed by atoms with Crippen molar-refractivity contribution in [2.45, 2.75) is 31.8 Å². The summed E-state index contributed by atoms with van der Waals surface area (Å²) in [6, 6.07) is 6.20. The highest BCUT2D eigenvalue weighted by Crippen LogP contribution is 2.43. The topological polar surface area (TPSA) is 28.2 Å². The summed E-state index contributed by atoms with van der Waals surface area (Å²) in [5, 5.41) is 3.55. The fourth-order valence-corrected chi connectivity index (χ4v) is 2.98. The minimum Gasteiger partial charge on any atom is -0.314 e. The molecule has 3 nitrogen and oxygen atoms in total. The van der Waals surface area contributed by atoms with Crippen LogP contribution in [-0.4, -0.2) is 35.1 Å². The normalized spacial score (nSPS) is 30.4. The van der Waals surface area contributed by atoms with Crippen LogP contribution in [-0.2, 0) is 6.54 Å². The molecule has 1 aliphatic heterocycles. The Morgan fingerprint density at radius 1 is 1.47 bits per heavy atom. The number of aromatic nitrogens is 1. The van der Waals surface area contributed by atoms with E-state index < -0.39 is 0 Å². The first-order valence-electron chi connectivity index (χ1n) is 6.65. The third-order valence-corrected chi connectivity index (χ3v) is 4.30. The van der Waals surface area contributed by atoms with Crippen molar-refractivity contribution in [3.05, 3.63) is 30.1 Å². The lowest BCUT2D eigenvalue weighted by atomic mass is 9.91. The van der Waals surface area contributed by atoms with Gasteiger partial charge < -0.3 is 5.32 Å². The second kappa shape index (κ2) is 4.39. The lowest BCUT2D eigenvalue weighted by Crippen LogP contribution is -2.60. The van der Waals surface area contributed by atoms with Crippen molar-refractivity contribution in [2.75, 3.05) is 19.6 Å². The van der Waals surface area contributed by atoms with Crippen LogP contribution in [0.4, 0.5) is 0 Å². The number of pyridine rings is 1. The van der Waals surface area contributed by atoms with Gasteiger partial charge in [-0.05, 0) is 37.8 Å². The molecule has 2 aliphatic rings. The Kier molecular flexibility index (Phi) is 2.89. The maximum absolute atomic E-state index is 4.46. The maximum atomic E-state index is 4.46. The Morgan fingerprint density at radius 3 is 3.06 bits per heavy atom. The minimum absolute atomic E-state index is 0.343. The van der Waals surface area contributed by atoms with E-state index in [2.05, 4.69) is 34.3 Å². The van der Waals surface area contributed by atoms with Gasteiger partial charge >= 0.3 is 0 Å². The van der Waals surface area contributed by atoms with E-state index in [1.807, 2.05) is 12.3 Å². The van der Waals surface area contributed by atoms with E-state index in [1.54, 1.807) is 0 Å². The fourth-order valence-electron chi connectivity index (χ4n) is 2.98. The SMILES string of the molecule is CC1(C2CC2)CNCCN1Cc1ccccn1. The average Bonchev–Trinajstić information content (AvgIpc) is 3.18. The molecular weight excluding hydrogens is 210 g/mol. The van der Waals surface area contributed by atoms with Crippen LogP contribution in [0.5, 0.6) is 0 Å². The summed E-state index contributed by atoms with van der Waals surface area (Å²) in [4.78, 5) is 7.08. The van der Waals surface area contributed by atoms with Gasteiger partial charge in [-0.15, -0.1) is 0 Å². The molecule has 1 unspecified atom stereocenters. The van der Waals surface area contributed by atoms with Crippen molar-refractivity contribution in [2.24, 2.45) is 5.92 Å². The van der Waals surface area contributed by atoms with Gasteiger partial charge in [0, 0.05) is 37.9 Å². The Labute approximate surface area is 103 Å². The van der Waals surface area contributed by atoms with Crippen LogP contribution in [0, 0.1) is 5.92 Å². The van der Waals surface area contributed by atoms with Crippen molar-refractivity contribution in [1.29, 1.82) is 0 Å². The average molecular weight is 231 g/mol. The molecule has 0 spiro atoms. The molecule has 1 saturated carbocycles. The first-order chi connectivity index (χ1) is 8.29. The lowest BCUT2D eigenvalue weighted by molar-refractivity contribution is 0.0473. The lowest BCUT2D eigenvalue weighted by Gasteiger charge is -2.45. The molecule has 17 heavy (non-hydrogen) atoms. The molecule has 0 aromatic carbocycles. The second-order valence-corrected chi connectivity index (χ2v) is 5.55. The third-order valence-electron chi connectivity index (χ3n) is 4.30. The van der Waals surface area contributed by atoms with Crippen LogP contribution in [0.25, 0.3) is 0 Å². The molecule has 0 bridgehead atoms. The molecule has 0 radical (unpaired) electrons. The van der Waals surface area contributed by atoms with E-state index in [9.17, 15) is 0 Å². The molecular formula is C14H21N3. The molecule has 2 heterocycles. The summed E-state index contributed by atoms with van der Waals surface area (Å²) in [7, 11) is 0. The van der Waals surface area contributed by atoms with Crippen molar-refractivity contribution in [1.82, 2.24) is 15.2 Å². The predicted octanol–water partition coefficient (Wildman–Crippen LogP) is 1.66. The Hall–Kier alpha value is -0.930. The Bertz CT molecular complexity index is 374. The summed E-state index contributed by atoms with van der Waals surface area (Å²) < 4.78 is 0. The van der Waals surface area contributed by atoms with E-state index in [4.69, 9.17) is 0 Å². The molecule has 3 rings (SSSR count). The van der Waals surface area contributed by atoms with Gasteiger partial charge in [0.25, 0.3) is 0 Å². The smallest absolute Gasteiger partial charge is 0.0544 e. The fraction of sp³-hybridized carbons (Fsp3) is 0.643. The van der Waals surface area contributed by atoms with E-state index in [0.29, 0.717) is 5.54 Å². The highest BCUT2D eigenvalue weighted by molar-refractivity contribution is 5.08. The van der Waals surface area contributed by atoms with Gasteiger partial charge in [0.1, 0.15) is 0 Å². The number of hydrogen-bond donors (Lipinski definition) is 1. The molecule has 92 valence electrons.